The van der Waals surface area contributed by atoms with Crippen LogP contribution in [0.1, 0.15) is 0 Å². The SMILES string of the molecule is C[NH+](CCOc1ccccc1)CC(=O)Nc1ccc(F)cc1Cl. The highest BCUT2D eigenvalue weighted by molar-refractivity contribution is 6.33. The number of halogens is 2. The van der Waals surface area contributed by atoms with E-state index in [1.807, 2.05) is 37.4 Å². The van der Waals surface area contributed by atoms with Crippen LogP contribution in [-0.2, 0) is 4.79 Å². The maximum atomic E-state index is 13.0. The number of likely N-dealkylation sites (N-methyl/N-ethyl adjacent to an activating group) is 1. The maximum absolute atomic E-state index is 13.0. The summed E-state index contributed by atoms with van der Waals surface area (Å²) >= 11 is 5.88. The predicted octanol–water partition coefficient (Wildman–Crippen LogP) is 2.01. The number of benzene rings is 2. The van der Waals surface area contributed by atoms with E-state index in [0.29, 0.717) is 18.8 Å². The van der Waals surface area contributed by atoms with E-state index in [2.05, 4.69) is 5.32 Å². The molecule has 0 aromatic heterocycles. The molecule has 1 unspecified atom stereocenters. The summed E-state index contributed by atoms with van der Waals surface area (Å²) in [5.74, 6) is 0.187. The van der Waals surface area contributed by atoms with E-state index < -0.39 is 5.82 Å². The molecule has 4 nitrogen and oxygen atoms in total. The molecule has 0 bridgehead atoms. The number of hydrogen-bond acceptors (Lipinski definition) is 2. The third-order valence-electron chi connectivity index (χ3n) is 3.21. The van der Waals surface area contributed by atoms with Crippen molar-refractivity contribution in [2.45, 2.75) is 0 Å². The molecule has 0 saturated heterocycles. The Kier molecular flexibility index (Phi) is 6.38. The van der Waals surface area contributed by atoms with Gasteiger partial charge in [-0.2, -0.15) is 0 Å². The molecule has 0 aliphatic heterocycles. The number of anilines is 1. The lowest BCUT2D eigenvalue weighted by Gasteiger charge is -2.14. The second-order valence-electron chi connectivity index (χ2n) is 5.22. The van der Waals surface area contributed by atoms with Crippen LogP contribution in [0.2, 0.25) is 5.02 Å². The third-order valence-corrected chi connectivity index (χ3v) is 3.52. The first kappa shape index (κ1) is 17.2. The van der Waals surface area contributed by atoms with Crippen molar-refractivity contribution in [3.63, 3.8) is 0 Å². The van der Waals surface area contributed by atoms with Crippen LogP contribution in [0.4, 0.5) is 10.1 Å². The van der Waals surface area contributed by atoms with Crippen molar-refractivity contribution in [1.82, 2.24) is 0 Å². The zero-order chi connectivity index (χ0) is 16.7. The number of carbonyl (C=O) groups is 1. The molecule has 2 aromatic rings. The van der Waals surface area contributed by atoms with Gasteiger partial charge in [-0.1, -0.05) is 29.8 Å². The molecule has 2 aromatic carbocycles. The fraction of sp³-hybridized carbons (Fsp3) is 0.235. The molecule has 0 fully saturated rings. The Morgan fingerprint density at radius 3 is 2.70 bits per heavy atom. The average molecular weight is 338 g/mol. The molecule has 1 amide bonds. The monoisotopic (exact) mass is 337 g/mol. The fourth-order valence-electron chi connectivity index (χ4n) is 2.01. The molecule has 0 aliphatic rings. The third kappa shape index (κ3) is 5.88. The van der Waals surface area contributed by atoms with E-state index >= 15 is 0 Å². The first-order valence-electron chi connectivity index (χ1n) is 7.28. The molecule has 0 spiro atoms. The van der Waals surface area contributed by atoms with Gasteiger partial charge in [0.05, 0.1) is 17.8 Å². The molecular formula is C17H19ClFN2O2+. The van der Waals surface area contributed by atoms with Crippen molar-refractivity contribution >= 4 is 23.2 Å². The van der Waals surface area contributed by atoms with E-state index in [-0.39, 0.29) is 17.5 Å². The highest BCUT2D eigenvalue weighted by atomic mass is 35.5. The first-order valence-corrected chi connectivity index (χ1v) is 7.66. The number of nitrogens with one attached hydrogen (secondary N) is 2. The van der Waals surface area contributed by atoms with Gasteiger partial charge in [0.15, 0.2) is 6.54 Å². The summed E-state index contributed by atoms with van der Waals surface area (Å²) in [6.07, 6.45) is 0. The highest BCUT2D eigenvalue weighted by Crippen LogP contribution is 2.21. The van der Waals surface area contributed by atoms with E-state index in [4.69, 9.17) is 16.3 Å². The van der Waals surface area contributed by atoms with Gasteiger partial charge in [-0.15, -0.1) is 0 Å². The van der Waals surface area contributed by atoms with E-state index in [1.165, 1.54) is 18.2 Å². The lowest BCUT2D eigenvalue weighted by Crippen LogP contribution is -3.10. The minimum Gasteiger partial charge on any atom is -0.488 e. The summed E-state index contributed by atoms with van der Waals surface area (Å²) < 4.78 is 18.6. The molecule has 0 heterocycles. The summed E-state index contributed by atoms with van der Waals surface area (Å²) in [6.45, 7) is 1.46. The van der Waals surface area contributed by atoms with Crippen LogP contribution in [0, 0.1) is 5.82 Å². The molecule has 0 saturated carbocycles. The Morgan fingerprint density at radius 2 is 2.00 bits per heavy atom. The second-order valence-corrected chi connectivity index (χ2v) is 5.62. The molecule has 2 rings (SSSR count). The van der Waals surface area contributed by atoms with Crippen molar-refractivity contribution < 1.29 is 18.8 Å². The predicted molar refractivity (Wildman–Crippen MR) is 88.6 cm³/mol. The largest absolute Gasteiger partial charge is 0.488 e. The molecular weight excluding hydrogens is 319 g/mol. The minimum absolute atomic E-state index is 0.184. The number of para-hydroxylation sites is 1. The Morgan fingerprint density at radius 1 is 1.26 bits per heavy atom. The van der Waals surface area contributed by atoms with Gasteiger partial charge in [-0.25, -0.2) is 4.39 Å². The summed E-state index contributed by atoms with van der Waals surface area (Å²) in [5, 5.41) is 2.86. The van der Waals surface area contributed by atoms with E-state index in [1.54, 1.807) is 0 Å². The molecule has 1 atom stereocenters. The molecule has 122 valence electrons. The first-order chi connectivity index (χ1) is 11.0. The van der Waals surface area contributed by atoms with Crippen LogP contribution in [-0.4, -0.2) is 32.7 Å². The van der Waals surface area contributed by atoms with Crippen molar-refractivity contribution in [2.75, 3.05) is 32.1 Å². The lowest BCUT2D eigenvalue weighted by molar-refractivity contribution is -0.871. The summed E-state index contributed by atoms with van der Waals surface area (Å²) in [4.78, 5) is 13.0. The molecule has 6 heteroatoms. The van der Waals surface area contributed by atoms with Gasteiger partial charge in [-0.05, 0) is 30.3 Å². The van der Waals surface area contributed by atoms with Crippen LogP contribution >= 0.6 is 11.6 Å². The molecule has 0 aliphatic carbocycles. The van der Waals surface area contributed by atoms with Crippen LogP contribution < -0.4 is 15.0 Å². The van der Waals surface area contributed by atoms with Crippen molar-refractivity contribution in [2.24, 2.45) is 0 Å². The van der Waals surface area contributed by atoms with Gasteiger partial charge in [0.25, 0.3) is 5.91 Å². The smallest absolute Gasteiger partial charge is 0.279 e. The van der Waals surface area contributed by atoms with E-state index in [9.17, 15) is 9.18 Å². The van der Waals surface area contributed by atoms with Crippen LogP contribution in [0.5, 0.6) is 5.75 Å². The summed E-state index contributed by atoms with van der Waals surface area (Å²) in [7, 11) is 1.90. The van der Waals surface area contributed by atoms with Crippen LogP contribution in [0.15, 0.2) is 48.5 Å². The molecule has 2 N–H and O–H groups in total. The lowest BCUT2D eigenvalue weighted by atomic mass is 10.3. The van der Waals surface area contributed by atoms with Gasteiger partial charge < -0.3 is 15.0 Å². The Balaban J connectivity index is 1.74. The zero-order valence-electron chi connectivity index (χ0n) is 12.8. The van der Waals surface area contributed by atoms with Gasteiger partial charge in [0.1, 0.15) is 24.7 Å². The molecule has 23 heavy (non-hydrogen) atoms. The summed E-state index contributed by atoms with van der Waals surface area (Å²) in [6, 6.07) is 13.4. The standard InChI is InChI=1S/C17H18ClFN2O2/c1-21(9-10-23-14-5-3-2-4-6-14)12-17(22)20-16-8-7-13(19)11-15(16)18/h2-8,11H,9-10,12H2,1H3,(H,20,22)/p+1. The van der Waals surface area contributed by atoms with Crippen molar-refractivity contribution in [3.8, 4) is 5.75 Å². The average Bonchev–Trinajstić information content (AvgIpc) is 2.51. The van der Waals surface area contributed by atoms with Crippen LogP contribution in [0.25, 0.3) is 0 Å². The number of carbonyl (C=O) groups excluding carboxylic acids is 1. The van der Waals surface area contributed by atoms with Gasteiger partial charge in [-0.3, -0.25) is 4.79 Å². The number of hydrogen-bond donors (Lipinski definition) is 2. The highest BCUT2D eigenvalue weighted by Gasteiger charge is 2.12. The van der Waals surface area contributed by atoms with Crippen LogP contribution in [0.3, 0.4) is 0 Å². The number of ether oxygens (including phenoxy) is 1. The van der Waals surface area contributed by atoms with Crippen molar-refractivity contribution in [1.29, 1.82) is 0 Å². The normalized spacial score (nSPS) is 11.8. The Bertz CT molecular complexity index is 652. The minimum atomic E-state index is -0.436. The number of rotatable bonds is 7. The quantitative estimate of drug-likeness (QED) is 0.811. The topological polar surface area (TPSA) is 42.8 Å². The Hall–Kier alpha value is -2.11. The second kappa shape index (κ2) is 8.50. The van der Waals surface area contributed by atoms with E-state index in [0.717, 1.165) is 10.6 Å². The van der Waals surface area contributed by atoms with Gasteiger partial charge >= 0.3 is 0 Å². The number of quaternary nitrogens is 1. The summed E-state index contributed by atoms with van der Waals surface area (Å²) in [5.41, 5.74) is 0.409. The van der Waals surface area contributed by atoms with Crippen molar-refractivity contribution in [3.05, 3.63) is 59.4 Å². The zero-order valence-corrected chi connectivity index (χ0v) is 13.6. The fourth-order valence-corrected chi connectivity index (χ4v) is 2.22. The van der Waals surface area contributed by atoms with Gasteiger partial charge in [0.2, 0.25) is 0 Å². The maximum Gasteiger partial charge on any atom is 0.279 e. The Labute approximate surface area is 139 Å². The van der Waals surface area contributed by atoms with Gasteiger partial charge in [0, 0.05) is 0 Å². The number of amides is 1. The molecule has 0 radical (unpaired) electrons.